The van der Waals surface area contributed by atoms with Crippen LogP contribution in [0.25, 0.3) is 0 Å². The van der Waals surface area contributed by atoms with Crippen molar-refractivity contribution in [2.75, 3.05) is 13.7 Å². The summed E-state index contributed by atoms with van der Waals surface area (Å²) in [5.74, 6) is 2.43. The van der Waals surface area contributed by atoms with Gasteiger partial charge in [-0.25, -0.2) is 0 Å². The Morgan fingerprint density at radius 2 is 2.27 bits per heavy atom. The van der Waals surface area contributed by atoms with Crippen molar-refractivity contribution in [2.45, 2.75) is 43.2 Å². The Kier molecular flexibility index (Phi) is 3.01. The molecule has 1 saturated heterocycles. The molecule has 1 N–H and O–H groups in total. The van der Waals surface area contributed by atoms with Crippen molar-refractivity contribution in [1.29, 1.82) is 0 Å². The first-order chi connectivity index (χ1) is 10.3. The van der Waals surface area contributed by atoms with E-state index < -0.39 is 0 Å². The van der Waals surface area contributed by atoms with Gasteiger partial charge in [0.25, 0.3) is 0 Å². The van der Waals surface area contributed by atoms with E-state index in [-0.39, 0.29) is 29.7 Å². The molecule has 4 aliphatic rings. The first-order valence-electron chi connectivity index (χ1n) is 7.89. The molecule has 0 unspecified atom stereocenters. The Hall–Kier alpha value is -1.26. The molecule has 22 heavy (non-hydrogen) atoms. The van der Waals surface area contributed by atoms with E-state index in [4.69, 9.17) is 9.47 Å². The fourth-order valence-electron chi connectivity index (χ4n) is 5.40. The predicted molar refractivity (Wildman–Crippen MR) is 84.2 cm³/mol. The molecular weight excluding hydrogens is 302 g/mol. The molecule has 0 amide bonds. The summed E-state index contributed by atoms with van der Waals surface area (Å²) < 4.78 is 11.7. The van der Waals surface area contributed by atoms with E-state index in [1.807, 2.05) is 6.07 Å². The van der Waals surface area contributed by atoms with Crippen LogP contribution in [0, 0.1) is 5.92 Å². The second kappa shape index (κ2) is 4.62. The van der Waals surface area contributed by atoms with Gasteiger partial charge in [0.15, 0.2) is 23.4 Å². The number of nitrogens with one attached hydrogen (secondary N) is 1. The normalized spacial score (nSPS) is 37.0. The highest BCUT2D eigenvalue weighted by Crippen LogP contribution is 2.61. The first-order valence-corrected chi connectivity index (χ1v) is 7.89. The third-order valence-corrected chi connectivity index (χ3v) is 6.12. The van der Waals surface area contributed by atoms with Gasteiger partial charge in [-0.3, -0.25) is 4.79 Å². The minimum Gasteiger partial charge on any atom is -0.493 e. The molecular formula is C17H20ClNO3. The van der Waals surface area contributed by atoms with Crippen LogP contribution in [0.4, 0.5) is 0 Å². The molecule has 2 heterocycles. The van der Waals surface area contributed by atoms with Gasteiger partial charge < -0.3 is 14.8 Å². The first kappa shape index (κ1) is 14.3. The van der Waals surface area contributed by atoms with Crippen molar-refractivity contribution < 1.29 is 14.3 Å². The molecule has 1 aromatic rings. The van der Waals surface area contributed by atoms with Crippen LogP contribution in [0.5, 0.6) is 11.5 Å². The number of halogens is 1. The number of rotatable bonds is 1. The van der Waals surface area contributed by atoms with Crippen LogP contribution in [-0.2, 0) is 16.6 Å². The highest BCUT2D eigenvalue weighted by atomic mass is 35.5. The zero-order chi connectivity index (χ0) is 14.2. The van der Waals surface area contributed by atoms with E-state index in [0.717, 1.165) is 37.3 Å². The number of ketones is 1. The number of methoxy groups -OCH3 is 1. The number of hydrogen-bond acceptors (Lipinski definition) is 4. The maximum Gasteiger partial charge on any atom is 0.174 e. The van der Waals surface area contributed by atoms with Crippen LogP contribution in [0.2, 0.25) is 0 Å². The van der Waals surface area contributed by atoms with Gasteiger partial charge in [0.1, 0.15) is 0 Å². The molecule has 5 heteroatoms. The number of hydrogen-bond donors (Lipinski definition) is 1. The van der Waals surface area contributed by atoms with E-state index in [9.17, 15) is 4.79 Å². The maximum absolute atomic E-state index is 12.5. The van der Waals surface area contributed by atoms with Crippen LogP contribution in [-0.4, -0.2) is 31.6 Å². The van der Waals surface area contributed by atoms with Crippen molar-refractivity contribution in [3.05, 3.63) is 23.3 Å². The summed E-state index contributed by atoms with van der Waals surface area (Å²) in [5.41, 5.74) is 2.54. The molecule has 4 atom stereocenters. The summed E-state index contributed by atoms with van der Waals surface area (Å²) in [6, 6.07) is 4.65. The van der Waals surface area contributed by atoms with E-state index >= 15 is 0 Å². The van der Waals surface area contributed by atoms with Gasteiger partial charge in [-0.2, -0.15) is 0 Å². The molecule has 2 bridgehead atoms. The maximum atomic E-state index is 12.5. The summed E-state index contributed by atoms with van der Waals surface area (Å²) in [6.07, 6.45) is 3.40. The minimum absolute atomic E-state index is 0. The third-order valence-electron chi connectivity index (χ3n) is 6.12. The van der Waals surface area contributed by atoms with Gasteiger partial charge in [0.05, 0.1) is 7.11 Å². The number of carbonyl (C=O) groups is 1. The Bertz CT molecular complexity index is 662. The summed E-state index contributed by atoms with van der Waals surface area (Å²) in [5, 5.41) is 3.67. The van der Waals surface area contributed by atoms with Crippen LogP contribution >= 0.6 is 12.4 Å². The summed E-state index contributed by atoms with van der Waals surface area (Å²) >= 11 is 0. The monoisotopic (exact) mass is 321 g/mol. The minimum atomic E-state index is -0.286. The second-order valence-corrected chi connectivity index (χ2v) is 6.80. The lowest BCUT2D eigenvalue weighted by molar-refractivity contribution is -0.135. The highest BCUT2D eigenvalue weighted by Gasteiger charge is 2.64. The van der Waals surface area contributed by atoms with Gasteiger partial charge in [-0.15, -0.1) is 12.4 Å². The SMILES string of the molecule is COc1ccc2c3c1O[C@@H]1C(=O)CC[C@H]4[C@@H](C2)NCC[C@]314.Cl. The molecule has 2 aliphatic heterocycles. The fraction of sp³-hybridized carbons (Fsp3) is 0.588. The second-order valence-electron chi connectivity index (χ2n) is 6.80. The number of piperidine rings is 1. The van der Waals surface area contributed by atoms with Gasteiger partial charge in [0.2, 0.25) is 0 Å². The number of carbonyl (C=O) groups excluding carboxylic acids is 1. The van der Waals surface area contributed by atoms with Crippen molar-refractivity contribution in [3.8, 4) is 11.5 Å². The number of ether oxygens (including phenoxy) is 2. The Balaban J connectivity index is 0.00000125. The Labute approximate surface area is 136 Å². The lowest BCUT2D eigenvalue weighted by Crippen LogP contribution is -2.65. The molecule has 0 aromatic heterocycles. The molecule has 0 radical (unpaired) electrons. The van der Waals surface area contributed by atoms with E-state index in [0.29, 0.717) is 18.4 Å². The lowest BCUT2D eigenvalue weighted by atomic mass is 9.52. The molecule has 1 spiro atoms. The van der Waals surface area contributed by atoms with E-state index in [2.05, 4.69) is 11.4 Å². The zero-order valence-corrected chi connectivity index (χ0v) is 13.4. The molecule has 118 valence electrons. The van der Waals surface area contributed by atoms with Gasteiger partial charge in [-0.05, 0) is 43.4 Å². The topological polar surface area (TPSA) is 47.6 Å². The van der Waals surface area contributed by atoms with Crippen molar-refractivity contribution in [3.63, 3.8) is 0 Å². The van der Waals surface area contributed by atoms with Crippen LogP contribution in [0.15, 0.2) is 12.1 Å². The van der Waals surface area contributed by atoms with E-state index in [1.165, 1.54) is 11.1 Å². The number of Topliss-reactive ketones (excluding diaryl/α,β-unsaturated/α-hetero) is 1. The van der Waals surface area contributed by atoms with Crippen molar-refractivity contribution in [1.82, 2.24) is 5.32 Å². The molecule has 4 nitrogen and oxygen atoms in total. The highest BCUT2D eigenvalue weighted by molar-refractivity contribution is 5.89. The molecule has 1 saturated carbocycles. The van der Waals surface area contributed by atoms with Crippen LogP contribution in [0.3, 0.4) is 0 Å². The van der Waals surface area contributed by atoms with Gasteiger partial charge >= 0.3 is 0 Å². The van der Waals surface area contributed by atoms with Crippen LogP contribution < -0.4 is 14.8 Å². The average Bonchev–Trinajstić information content (AvgIpc) is 2.83. The lowest BCUT2D eigenvalue weighted by Gasteiger charge is -2.54. The van der Waals surface area contributed by atoms with Gasteiger partial charge in [0, 0.05) is 23.4 Å². The van der Waals surface area contributed by atoms with E-state index in [1.54, 1.807) is 7.11 Å². The largest absolute Gasteiger partial charge is 0.493 e. The fourth-order valence-corrected chi connectivity index (χ4v) is 5.40. The predicted octanol–water partition coefficient (Wildman–Crippen LogP) is 2.01. The quantitative estimate of drug-likeness (QED) is 0.859. The molecule has 2 fully saturated rings. The number of benzene rings is 1. The molecule has 5 rings (SSSR count). The Morgan fingerprint density at radius 1 is 1.41 bits per heavy atom. The third kappa shape index (κ3) is 1.45. The smallest absolute Gasteiger partial charge is 0.174 e. The van der Waals surface area contributed by atoms with Crippen molar-refractivity contribution in [2.24, 2.45) is 5.92 Å². The van der Waals surface area contributed by atoms with Crippen LogP contribution in [0.1, 0.15) is 30.4 Å². The standard InChI is InChI=1S/C17H19NO3.ClH/c1-20-13-5-2-9-8-11-10-3-4-12(19)16-17(10,6-7-18-11)14(9)15(13)21-16;/h2,5,10-11,16,18H,3-4,6-8H2,1H3;1H/t10-,11+,16+,17-;/m0./s1. The molecule has 2 aliphatic carbocycles. The average molecular weight is 322 g/mol. The molecule has 1 aromatic carbocycles. The summed E-state index contributed by atoms with van der Waals surface area (Å²) in [7, 11) is 1.68. The summed E-state index contributed by atoms with van der Waals surface area (Å²) in [6.45, 7) is 0.977. The van der Waals surface area contributed by atoms with Crippen molar-refractivity contribution >= 4 is 18.2 Å². The summed E-state index contributed by atoms with van der Waals surface area (Å²) in [4.78, 5) is 12.5. The zero-order valence-electron chi connectivity index (χ0n) is 12.6. The Morgan fingerprint density at radius 3 is 3.09 bits per heavy atom. The van der Waals surface area contributed by atoms with Gasteiger partial charge in [-0.1, -0.05) is 6.07 Å².